The van der Waals surface area contributed by atoms with Gasteiger partial charge in [0.1, 0.15) is 0 Å². The fourth-order valence-electron chi connectivity index (χ4n) is 4.58. The zero-order valence-electron chi connectivity index (χ0n) is 24.3. The topological polar surface area (TPSA) is 73.5 Å². The summed E-state index contributed by atoms with van der Waals surface area (Å²) in [6, 6.07) is 32.8. The van der Waals surface area contributed by atoms with Crippen LogP contribution in [0.25, 0.3) is 11.3 Å². The number of para-hydroxylation sites is 1. The molecular weight excluding hydrogens is 520 g/mol. The molecule has 0 atom stereocenters. The standard InChI is InChI=1S/C36H36N4O2/c1-4-40(5-2)25-28-16-20-31(21-17-28)39-36(29-12-8-6-9-13-29)33(26-41)32-22-18-27(24-34(32)37-3)19-23-35(42)38-30-14-10-7-11-15-30/h6-18,20-22,24,26,37,39H,4-5,25H2,1-3H3,(H,38,42)/b36-33+. The molecule has 0 aromatic heterocycles. The lowest BCUT2D eigenvalue weighted by atomic mass is 9.97. The van der Waals surface area contributed by atoms with E-state index in [1.54, 1.807) is 19.2 Å². The normalized spacial score (nSPS) is 11.1. The molecule has 0 saturated heterocycles. The van der Waals surface area contributed by atoms with Crippen LogP contribution in [0.3, 0.4) is 0 Å². The number of carbonyl (C=O) groups is 2. The van der Waals surface area contributed by atoms with Crippen molar-refractivity contribution in [1.29, 1.82) is 0 Å². The Kier molecular flexibility index (Phi) is 10.7. The zero-order chi connectivity index (χ0) is 29.7. The summed E-state index contributed by atoms with van der Waals surface area (Å²) in [5.74, 6) is 5.17. The number of allylic oxidation sites excluding steroid dienone is 1. The van der Waals surface area contributed by atoms with Gasteiger partial charge in [-0.1, -0.05) is 86.5 Å². The summed E-state index contributed by atoms with van der Waals surface area (Å²) in [4.78, 5) is 27.4. The average molecular weight is 557 g/mol. The van der Waals surface area contributed by atoms with E-state index in [4.69, 9.17) is 0 Å². The van der Waals surface area contributed by atoms with Gasteiger partial charge in [0.15, 0.2) is 6.29 Å². The van der Waals surface area contributed by atoms with Gasteiger partial charge < -0.3 is 16.0 Å². The van der Waals surface area contributed by atoms with Crippen molar-refractivity contribution in [2.45, 2.75) is 20.4 Å². The molecule has 0 fully saturated rings. The number of nitrogens with one attached hydrogen (secondary N) is 3. The molecule has 4 aromatic rings. The van der Waals surface area contributed by atoms with E-state index in [-0.39, 0.29) is 0 Å². The Bertz CT molecular complexity index is 1580. The molecule has 3 N–H and O–H groups in total. The lowest BCUT2D eigenvalue weighted by molar-refractivity contribution is -0.111. The zero-order valence-corrected chi connectivity index (χ0v) is 24.3. The van der Waals surface area contributed by atoms with E-state index in [2.05, 4.69) is 58.7 Å². The minimum absolute atomic E-state index is 0.400. The molecule has 42 heavy (non-hydrogen) atoms. The Labute approximate surface area is 248 Å². The summed E-state index contributed by atoms with van der Waals surface area (Å²) in [5.41, 5.74) is 6.96. The van der Waals surface area contributed by atoms with E-state index in [0.717, 1.165) is 48.4 Å². The first-order valence-electron chi connectivity index (χ1n) is 14.1. The fraction of sp³-hybridized carbons (Fsp3) is 0.167. The van der Waals surface area contributed by atoms with Gasteiger partial charge in [0.2, 0.25) is 0 Å². The van der Waals surface area contributed by atoms with Gasteiger partial charge in [-0.15, -0.1) is 0 Å². The van der Waals surface area contributed by atoms with Crippen molar-refractivity contribution in [3.63, 3.8) is 0 Å². The fourth-order valence-corrected chi connectivity index (χ4v) is 4.58. The van der Waals surface area contributed by atoms with Gasteiger partial charge in [-0.25, -0.2) is 0 Å². The van der Waals surface area contributed by atoms with Crippen LogP contribution < -0.4 is 16.0 Å². The molecule has 4 aromatic carbocycles. The lowest BCUT2D eigenvalue weighted by Gasteiger charge is -2.19. The summed E-state index contributed by atoms with van der Waals surface area (Å²) in [5, 5.41) is 9.46. The maximum Gasteiger partial charge on any atom is 0.300 e. The van der Waals surface area contributed by atoms with E-state index in [1.807, 2.05) is 78.9 Å². The summed E-state index contributed by atoms with van der Waals surface area (Å²) in [6.07, 6.45) is 0.874. The highest BCUT2D eigenvalue weighted by atomic mass is 16.1. The second-order valence-electron chi connectivity index (χ2n) is 9.64. The molecule has 0 aliphatic carbocycles. The first kappa shape index (κ1) is 29.9. The number of amides is 1. The predicted molar refractivity (Wildman–Crippen MR) is 174 cm³/mol. The number of carbonyl (C=O) groups excluding carboxylic acids is 2. The molecule has 6 heteroatoms. The quantitative estimate of drug-likeness (QED) is 0.0826. The first-order valence-corrected chi connectivity index (χ1v) is 14.1. The molecular formula is C36H36N4O2. The number of hydrogen-bond acceptors (Lipinski definition) is 5. The largest absolute Gasteiger partial charge is 0.388 e. The smallest absolute Gasteiger partial charge is 0.300 e. The Hall–Kier alpha value is -5.12. The number of anilines is 3. The predicted octanol–water partition coefficient (Wildman–Crippen LogP) is 6.74. The van der Waals surface area contributed by atoms with Crippen molar-refractivity contribution in [2.24, 2.45) is 0 Å². The molecule has 0 radical (unpaired) electrons. The molecule has 0 spiro atoms. The maximum atomic E-state index is 12.7. The molecule has 0 aliphatic rings. The summed E-state index contributed by atoms with van der Waals surface area (Å²) in [6.45, 7) is 7.22. The van der Waals surface area contributed by atoms with Crippen LogP contribution in [-0.2, 0) is 16.1 Å². The highest BCUT2D eigenvalue weighted by molar-refractivity contribution is 6.20. The minimum atomic E-state index is -0.400. The van der Waals surface area contributed by atoms with Crippen LogP contribution in [0.1, 0.15) is 36.1 Å². The highest BCUT2D eigenvalue weighted by Gasteiger charge is 2.16. The van der Waals surface area contributed by atoms with Gasteiger partial charge in [0, 0.05) is 53.3 Å². The maximum absolute atomic E-state index is 12.7. The van der Waals surface area contributed by atoms with Gasteiger partial charge in [-0.2, -0.15) is 0 Å². The second-order valence-corrected chi connectivity index (χ2v) is 9.64. The molecule has 6 nitrogen and oxygen atoms in total. The second kappa shape index (κ2) is 15.0. The van der Waals surface area contributed by atoms with Crippen LogP contribution in [0.5, 0.6) is 0 Å². The molecule has 0 saturated carbocycles. The molecule has 212 valence electrons. The van der Waals surface area contributed by atoms with Crippen LogP contribution in [-0.4, -0.2) is 37.2 Å². The van der Waals surface area contributed by atoms with Crippen molar-refractivity contribution >= 4 is 40.5 Å². The van der Waals surface area contributed by atoms with E-state index in [0.29, 0.717) is 22.5 Å². The van der Waals surface area contributed by atoms with Crippen molar-refractivity contribution < 1.29 is 9.59 Å². The Morgan fingerprint density at radius 2 is 1.45 bits per heavy atom. The average Bonchev–Trinajstić information content (AvgIpc) is 3.04. The third kappa shape index (κ3) is 7.97. The number of hydrogen-bond donors (Lipinski definition) is 3. The molecule has 0 heterocycles. The van der Waals surface area contributed by atoms with Crippen LogP contribution in [0, 0.1) is 11.8 Å². The highest BCUT2D eigenvalue weighted by Crippen LogP contribution is 2.31. The number of aldehydes is 1. The van der Waals surface area contributed by atoms with Gasteiger partial charge >= 0.3 is 5.91 Å². The third-order valence-electron chi connectivity index (χ3n) is 6.90. The Balaban J connectivity index is 1.66. The summed E-state index contributed by atoms with van der Waals surface area (Å²) >= 11 is 0. The van der Waals surface area contributed by atoms with E-state index < -0.39 is 5.91 Å². The molecule has 0 unspecified atom stereocenters. The Morgan fingerprint density at radius 3 is 2.07 bits per heavy atom. The monoisotopic (exact) mass is 556 g/mol. The van der Waals surface area contributed by atoms with Crippen LogP contribution in [0.2, 0.25) is 0 Å². The van der Waals surface area contributed by atoms with E-state index in [9.17, 15) is 9.59 Å². The third-order valence-corrected chi connectivity index (χ3v) is 6.90. The number of benzene rings is 4. The Morgan fingerprint density at radius 1 is 0.810 bits per heavy atom. The number of rotatable bonds is 11. The van der Waals surface area contributed by atoms with Gasteiger partial charge in [-0.05, 0) is 60.6 Å². The van der Waals surface area contributed by atoms with Gasteiger partial charge in [0.25, 0.3) is 0 Å². The van der Waals surface area contributed by atoms with Gasteiger partial charge in [-0.3, -0.25) is 14.5 Å². The number of nitrogens with zero attached hydrogens (tertiary/aromatic N) is 1. The summed E-state index contributed by atoms with van der Waals surface area (Å²) in [7, 11) is 1.80. The van der Waals surface area contributed by atoms with E-state index in [1.165, 1.54) is 5.56 Å². The molecule has 1 amide bonds. The van der Waals surface area contributed by atoms with Crippen LogP contribution >= 0.6 is 0 Å². The van der Waals surface area contributed by atoms with Crippen molar-refractivity contribution in [1.82, 2.24) is 4.90 Å². The van der Waals surface area contributed by atoms with Crippen LogP contribution in [0.4, 0.5) is 17.1 Å². The minimum Gasteiger partial charge on any atom is -0.388 e. The van der Waals surface area contributed by atoms with Gasteiger partial charge in [0.05, 0.1) is 5.70 Å². The van der Waals surface area contributed by atoms with E-state index >= 15 is 0 Å². The van der Waals surface area contributed by atoms with Crippen LogP contribution in [0.15, 0.2) is 103 Å². The molecule has 0 aliphatic heterocycles. The van der Waals surface area contributed by atoms with Crippen molar-refractivity contribution in [3.05, 3.63) is 125 Å². The first-order chi connectivity index (χ1) is 20.5. The lowest BCUT2D eigenvalue weighted by Crippen LogP contribution is -2.22. The molecule has 4 rings (SSSR count). The van der Waals surface area contributed by atoms with Crippen molar-refractivity contribution in [2.75, 3.05) is 36.1 Å². The van der Waals surface area contributed by atoms with Crippen molar-refractivity contribution in [3.8, 4) is 11.8 Å². The SMILES string of the molecule is CCN(CC)Cc1ccc(N/C(=C(\C=O)c2ccc(C#CC(=O)Nc3ccccc3)cc2NC)c2ccccc2)cc1. The molecule has 0 bridgehead atoms. The summed E-state index contributed by atoms with van der Waals surface area (Å²) < 4.78 is 0.